The summed E-state index contributed by atoms with van der Waals surface area (Å²) in [6.07, 6.45) is 0. The molecule has 0 fully saturated rings. The van der Waals surface area contributed by atoms with Gasteiger partial charge in [0.2, 0.25) is 5.76 Å². The van der Waals surface area contributed by atoms with Gasteiger partial charge in [-0.05, 0) is 12.1 Å². The lowest BCUT2D eigenvalue weighted by Crippen LogP contribution is -2.21. The van der Waals surface area contributed by atoms with Crippen LogP contribution < -0.4 is 5.32 Å². The maximum Gasteiger partial charge on any atom is 0.373 e. The van der Waals surface area contributed by atoms with E-state index in [9.17, 15) is 4.79 Å². The van der Waals surface area contributed by atoms with Gasteiger partial charge in [-0.2, -0.15) is 0 Å². The van der Waals surface area contributed by atoms with Crippen LogP contribution in [0.5, 0.6) is 0 Å². The SMILES string of the molecule is COC(=O)c1ccc(CNC(C)C)o1. The van der Waals surface area contributed by atoms with Crippen molar-refractivity contribution in [1.29, 1.82) is 0 Å². The molecule has 1 heterocycles. The van der Waals surface area contributed by atoms with E-state index in [1.807, 2.05) is 13.8 Å². The maximum atomic E-state index is 11.0. The molecule has 0 saturated heterocycles. The molecule has 1 aromatic rings. The Balaban J connectivity index is 2.55. The Morgan fingerprint density at radius 3 is 2.86 bits per heavy atom. The summed E-state index contributed by atoms with van der Waals surface area (Å²) in [5, 5.41) is 3.19. The largest absolute Gasteiger partial charge is 0.463 e. The summed E-state index contributed by atoms with van der Waals surface area (Å²) in [6.45, 7) is 4.71. The lowest BCUT2D eigenvalue weighted by Gasteiger charge is -2.04. The van der Waals surface area contributed by atoms with E-state index in [4.69, 9.17) is 4.42 Å². The Labute approximate surface area is 83.2 Å². The van der Waals surface area contributed by atoms with Crippen LogP contribution in [0.25, 0.3) is 0 Å². The first-order valence-electron chi connectivity index (χ1n) is 4.54. The van der Waals surface area contributed by atoms with E-state index >= 15 is 0 Å². The summed E-state index contributed by atoms with van der Waals surface area (Å²) in [5.41, 5.74) is 0. The highest BCUT2D eigenvalue weighted by Gasteiger charge is 2.10. The molecule has 0 spiro atoms. The molecule has 0 unspecified atom stereocenters. The summed E-state index contributed by atoms with van der Waals surface area (Å²) in [5.74, 6) is 0.535. The van der Waals surface area contributed by atoms with Gasteiger partial charge in [0.1, 0.15) is 5.76 Å². The highest BCUT2D eigenvalue weighted by atomic mass is 16.5. The summed E-state index contributed by atoms with van der Waals surface area (Å²) in [4.78, 5) is 11.0. The molecule has 0 aliphatic rings. The first-order chi connectivity index (χ1) is 6.63. The topological polar surface area (TPSA) is 51.5 Å². The van der Waals surface area contributed by atoms with Gasteiger partial charge in [-0.1, -0.05) is 13.8 Å². The minimum Gasteiger partial charge on any atom is -0.463 e. The second kappa shape index (κ2) is 4.81. The Hall–Kier alpha value is -1.29. The van der Waals surface area contributed by atoms with Crippen molar-refractivity contribution in [2.45, 2.75) is 26.4 Å². The van der Waals surface area contributed by atoms with Crippen molar-refractivity contribution in [2.24, 2.45) is 0 Å². The first kappa shape index (κ1) is 10.8. The van der Waals surface area contributed by atoms with Crippen LogP contribution in [0.2, 0.25) is 0 Å². The van der Waals surface area contributed by atoms with Crippen molar-refractivity contribution >= 4 is 5.97 Å². The Morgan fingerprint density at radius 2 is 2.29 bits per heavy atom. The van der Waals surface area contributed by atoms with Gasteiger partial charge in [0, 0.05) is 6.04 Å². The predicted octanol–water partition coefficient (Wildman–Crippen LogP) is 1.56. The zero-order chi connectivity index (χ0) is 10.6. The summed E-state index contributed by atoms with van der Waals surface area (Å²) < 4.78 is 9.77. The molecule has 0 radical (unpaired) electrons. The number of hydrogen-bond acceptors (Lipinski definition) is 4. The van der Waals surface area contributed by atoms with Crippen molar-refractivity contribution in [1.82, 2.24) is 5.32 Å². The molecule has 4 heteroatoms. The number of nitrogens with one attached hydrogen (secondary N) is 1. The lowest BCUT2D eigenvalue weighted by molar-refractivity contribution is 0.0563. The third kappa shape index (κ3) is 2.88. The summed E-state index contributed by atoms with van der Waals surface area (Å²) >= 11 is 0. The van der Waals surface area contributed by atoms with Crippen molar-refractivity contribution in [3.8, 4) is 0 Å². The second-order valence-corrected chi connectivity index (χ2v) is 3.29. The van der Waals surface area contributed by atoms with E-state index in [0.29, 0.717) is 12.6 Å². The van der Waals surface area contributed by atoms with Gasteiger partial charge in [0.15, 0.2) is 0 Å². The van der Waals surface area contributed by atoms with E-state index in [1.54, 1.807) is 12.1 Å². The minimum absolute atomic E-state index is 0.244. The zero-order valence-electron chi connectivity index (χ0n) is 8.66. The molecule has 1 N–H and O–H groups in total. The summed E-state index contributed by atoms with van der Waals surface area (Å²) in [7, 11) is 1.33. The highest BCUT2D eigenvalue weighted by Crippen LogP contribution is 2.08. The van der Waals surface area contributed by atoms with E-state index in [-0.39, 0.29) is 5.76 Å². The predicted molar refractivity (Wildman–Crippen MR) is 52.0 cm³/mol. The van der Waals surface area contributed by atoms with Gasteiger partial charge >= 0.3 is 5.97 Å². The molecular weight excluding hydrogens is 182 g/mol. The van der Waals surface area contributed by atoms with E-state index in [2.05, 4.69) is 10.1 Å². The summed E-state index contributed by atoms with van der Waals surface area (Å²) in [6, 6.07) is 3.77. The number of esters is 1. The number of hydrogen-bond donors (Lipinski definition) is 1. The standard InChI is InChI=1S/C10H15NO3/c1-7(2)11-6-8-4-5-9(14-8)10(12)13-3/h4-5,7,11H,6H2,1-3H3. The fourth-order valence-corrected chi connectivity index (χ4v) is 0.988. The van der Waals surface area contributed by atoms with Crippen LogP contribution in [0.15, 0.2) is 16.5 Å². The van der Waals surface area contributed by atoms with Crippen LogP contribution in [0.1, 0.15) is 30.2 Å². The molecule has 0 amide bonds. The number of methoxy groups -OCH3 is 1. The molecule has 0 aliphatic heterocycles. The van der Waals surface area contributed by atoms with Crippen molar-refractivity contribution in [3.63, 3.8) is 0 Å². The molecule has 78 valence electrons. The number of rotatable bonds is 4. The Bertz CT molecular complexity index is 304. The third-order valence-corrected chi connectivity index (χ3v) is 1.73. The highest BCUT2D eigenvalue weighted by molar-refractivity contribution is 5.86. The molecule has 0 saturated carbocycles. The smallest absolute Gasteiger partial charge is 0.373 e. The Kier molecular flexibility index (Phi) is 3.71. The lowest BCUT2D eigenvalue weighted by atomic mass is 10.3. The van der Waals surface area contributed by atoms with Gasteiger partial charge in [-0.25, -0.2) is 4.79 Å². The monoisotopic (exact) mass is 197 g/mol. The van der Waals surface area contributed by atoms with Crippen molar-refractivity contribution in [3.05, 3.63) is 23.7 Å². The Morgan fingerprint density at radius 1 is 1.57 bits per heavy atom. The maximum absolute atomic E-state index is 11.0. The first-order valence-corrected chi connectivity index (χ1v) is 4.54. The molecule has 1 aromatic heterocycles. The van der Waals surface area contributed by atoms with E-state index in [0.717, 1.165) is 5.76 Å². The van der Waals surface area contributed by atoms with Crippen LogP contribution in [0, 0.1) is 0 Å². The van der Waals surface area contributed by atoms with Gasteiger partial charge in [-0.15, -0.1) is 0 Å². The van der Waals surface area contributed by atoms with Gasteiger partial charge in [0.05, 0.1) is 13.7 Å². The third-order valence-electron chi connectivity index (χ3n) is 1.73. The van der Waals surface area contributed by atoms with Crippen LogP contribution in [-0.2, 0) is 11.3 Å². The van der Waals surface area contributed by atoms with Gasteiger partial charge in [-0.3, -0.25) is 0 Å². The fraction of sp³-hybridized carbons (Fsp3) is 0.500. The molecule has 0 aromatic carbocycles. The normalized spacial score (nSPS) is 10.6. The number of carbonyl (C=O) groups is 1. The second-order valence-electron chi connectivity index (χ2n) is 3.29. The van der Waals surface area contributed by atoms with Crippen molar-refractivity contribution < 1.29 is 13.9 Å². The van der Waals surface area contributed by atoms with E-state index < -0.39 is 5.97 Å². The molecule has 0 bridgehead atoms. The molecule has 0 aliphatic carbocycles. The van der Waals surface area contributed by atoms with Crippen molar-refractivity contribution in [2.75, 3.05) is 7.11 Å². The molecule has 1 rings (SSSR count). The molecule has 14 heavy (non-hydrogen) atoms. The molecule has 4 nitrogen and oxygen atoms in total. The fourth-order valence-electron chi connectivity index (χ4n) is 0.988. The van der Waals surface area contributed by atoms with Crippen LogP contribution in [0.3, 0.4) is 0 Å². The van der Waals surface area contributed by atoms with Gasteiger partial charge < -0.3 is 14.5 Å². The quantitative estimate of drug-likeness (QED) is 0.744. The zero-order valence-corrected chi connectivity index (χ0v) is 8.66. The van der Waals surface area contributed by atoms with Crippen LogP contribution in [0.4, 0.5) is 0 Å². The molecule has 0 atom stereocenters. The average Bonchev–Trinajstić information content (AvgIpc) is 2.62. The minimum atomic E-state index is -0.444. The van der Waals surface area contributed by atoms with E-state index in [1.165, 1.54) is 7.11 Å². The molecular formula is C10H15NO3. The van der Waals surface area contributed by atoms with Crippen LogP contribution >= 0.6 is 0 Å². The van der Waals surface area contributed by atoms with Crippen LogP contribution in [-0.4, -0.2) is 19.1 Å². The number of carbonyl (C=O) groups excluding carboxylic acids is 1. The number of furan rings is 1. The average molecular weight is 197 g/mol. The number of ether oxygens (including phenoxy) is 1. The van der Waals surface area contributed by atoms with Gasteiger partial charge in [0.25, 0.3) is 0 Å².